The van der Waals surface area contributed by atoms with Crippen LogP contribution in [0.25, 0.3) is 16.5 Å². The highest BCUT2D eigenvalue weighted by Crippen LogP contribution is 2.62. The second-order valence-electron chi connectivity index (χ2n) is 15.2. The summed E-state index contributed by atoms with van der Waals surface area (Å²) in [6, 6.07) is 21.7. The average molecular weight is 718 g/mol. The molecule has 0 aliphatic heterocycles. The van der Waals surface area contributed by atoms with Gasteiger partial charge in [0.1, 0.15) is 5.82 Å². The summed E-state index contributed by atoms with van der Waals surface area (Å²) >= 11 is 0. The van der Waals surface area contributed by atoms with E-state index in [4.69, 9.17) is 0 Å². The van der Waals surface area contributed by atoms with E-state index in [1.54, 1.807) is 34.4 Å². The van der Waals surface area contributed by atoms with Gasteiger partial charge in [-0.05, 0) is 138 Å². The monoisotopic (exact) mass is 717 g/mol. The maximum absolute atomic E-state index is 12.1. The van der Waals surface area contributed by atoms with E-state index in [1.807, 2.05) is 27.0 Å². The Hall–Kier alpha value is -3.35. The number of halogens is 1. The lowest BCUT2D eigenvalue weighted by Crippen LogP contribution is -2.06. The summed E-state index contributed by atoms with van der Waals surface area (Å²) in [5.74, 6) is 0.926. The molecule has 8 rings (SSSR count). The van der Waals surface area contributed by atoms with Gasteiger partial charge in [-0.25, -0.2) is 4.39 Å². The zero-order valence-corrected chi connectivity index (χ0v) is 34.8. The van der Waals surface area contributed by atoms with Crippen LogP contribution in [0.3, 0.4) is 0 Å². The van der Waals surface area contributed by atoms with Gasteiger partial charge in [0, 0.05) is 17.0 Å². The van der Waals surface area contributed by atoms with E-state index >= 15 is 0 Å². The molecular formula is C49H65FNP. The molecule has 1 unspecified atom stereocenters. The number of aromatic nitrogens is 1. The lowest BCUT2D eigenvalue weighted by Gasteiger charge is -2.17. The fourth-order valence-corrected chi connectivity index (χ4v) is 8.46. The third-order valence-electron chi connectivity index (χ3n) is 11.2. The first-order valence-corrected chi connectivity index (χ1v) is 21.0. The predicted molar refractivity (Wildman–Crippen MR) is 230 cm³/mol. The van der Waals surface area contributed by atoms with E-state index in [2.05, 4.69) is 95.6 Å². The molecule has 4 saturated carbocycles. The van der Waals surface area contributed by atoms with Crippen LogP contribution >= 0.6 is 8.58 Å². The Morgan fingerprint density at radius 1 is 0.788 bits per heavy atom. The molecule has 3 aromatic carbocycles. The summed E-state index contributed by atoms with van der Waals surface area (Å²) in [6.07, 6.45) is 17.8. The summed E-state index contributed by atoms with van der Waals surface area (Å²) < 4.78 is 12.1. The molecule has 0 spiro atoms. The molecule has 4 fully saturated rings. The van der Waals surface area contributed by atoms with Crippen molar-refractivity contribution in [1.29, 1.82) is 0 Å². The molecule has 1 atom stereocenters. The second kappa shape index (κ2) is 19.6. The number of rotatable bonds is 6. The molecule has 1 nitrogen and oxygen atoms in total. The van der Waals surface area contributed by atoms with Crippen LogP contribution in [0.15, 0.2) is 102 Å². The molecule has 1 aromatic heterocycles. The van der Waals surface area contributed by atoms with Gasteiger partial charge in [0.05, 0.1) is 5.52 Å². The summed E-state index contributed by atoms with van der Waals surface area (Å²) in [4.78, 5) is 4.53. The van der Waals surface area contributed by atoms with Crippen molar-refractivity contribution in [2.45, 2.75) is 133 Å². The van der Waals surface area contributed by atoms with Crippen molar-refractivity contribution in [1.82, 2.24) is 4.98 Å². The quantitative estimate of drug-likeness (QED) is 0.143. The van der Waals surface area contributed by atoms with Gasteiger partial charge in [0.2, 0.25) is 0 Å². The minimum atomic E-state index is -0.171. The molecule has 0 N–H and O–H groups in total. The molecule has 4 aliphatic carbocycles. The van der Waals surface area contributed by atoms with Crippen LogP contribution < -0.4 is 10.6 Å². The zero-order valence-electron chi connectivity index (χ0n) is 33.8. The van der Waals surface area contributed by atoms with E-state index in [-0.39, 0.29) is 5.82 Å². The van der Waals surface area contributed by atoms with Gasteiger partial charge >= 0.3 is 0 Å². The molecule has 0 bridgehead atoms. The van der Waals surface area contributed by atoms with Crippen LogP contribution in [0.5, 0.6) is 0 Å². The van der Waals surface area contributed by atoms with Crippen molar-refractivity contribution in [3.05, 3.63) is 130 Å². The van der Waals surface area contributed by atoms with Crippen molar-refractivity contribution in [3.8, 4) is 0 Å². The average Bonchev–Trinajstić information content (AvgIpc) is 4.04. The third-order valence-corrected chi connectivity index (χ3v) is 12.5. The smallest absolute Gasteiger partial charge is 0.123 e. The number of allylic oxidation sites excluding steroid dienone is 5. The largest absolute Gasteiger partial charge is 0.256 e. The third kappa shape index (κ3) is 11.8. The first kappa shape index (κ1) is 41.4. The maximum atomic E-state index is 12.1. The van der Waals surface area contributed by atoms with Crippen LogP contribution in [0.4, 0.5) is 4.39 Å². The van der Waals surface area contributed by atoms with Crippen LogP contribution in [-0.4, -0.2) is 4.98 Å². The van der Waals surface area contributed by atoms with Crippen molar-refractivity contribution < 1.29 is 4.39 Å². The van der Waals surface area contributed by atoms with Gasteiger partial charge in [0.25, 0.3) is 0 Å². The van der Waals surface area contributed by atoms with E-state index < -0.39 is 0 Å². The van der Waals surface area contributed by atoms with Gasteiger partial charge in [-0.3, -0.25) is 4.98 Å². The number of nitrogens with zero attached hydrogens (tertiary/aromatic N) is 1. The molecule has 0 radical (unpaired) electrons. The minimum absolute atomic E-state index is 0.171. The van der Waals surface area contributed by atoms with Crippen molar-refractivity contribution in [2.75, 3.05) is 0 Å². The molecule has 0 saturated heterocycles. The Balaban J connectivity index is 0.000000170. The SMILES string of the molecule is C=C(C)c1cc2c(Pc3ccc(C)cc3)ccnc2cc1C.CC.CC(=C1CC1)C1(C(C)=C2CC2)CC1.CCC1CCCC1.Cc1ccc(F)cc1. The Kier molecular flexibility index (Phi) is 15.6. The van der Waals surface area contributed by atoms with Crippen LogP contribution in [0, 0.1) is 37.9 Å². The second-order valence-corrected chi connectivity index (χ2v) is 16.6. The topological polar surface area (TPSA) is 12.9 Å². The fourth-order valence-electron chi connectivity index (χ4n) is 7.32. The molecule has 3 heteroatoms. The molecule has 4 aliphatic rings. The number of hydrogen-bond acceptors (Lipinski definition) is 1. The number of hydrogen-bond donors (Lipinski definition) is 0. The number of aryl methyl sites for hydroxylation is 3. The Morgan fingerprint density at radius 3 is 1.73 bits per heavy atom. The molecule has 4 aromatic rings. The van der Waals surface area contributed by atoms with Gasteiger partial charge < -0.3 is 0 Å². The number of pyridine rings is 1. The van der Waals surface area contributed by atoms with Crippen molar-refractivity contribution >= 4 is 35.7 Å². The van der Waals surface area contributed by atoms with E-state index in [9.17, 15) is 4.39 Å². The highest BCUT2D eigenvalue weighted by molar-refractivity contribution is 7.56. The Bertz CT molecular complexity index is 1770. The highest BCUT2D eigenvalue weighted by atomic mass is 31.1. The van der Waals surface area contributed by atoms with Crippen molar-refractivity contribution in [2.24, 2.45) is 11.3 Å². The molecule has 278 valence electrons. The summed E-state index contributed by atoms with van der Waals surface area (Å²) in [5.41, 5.74) is 14.7. The fraction of sp³-hybridized carbons (Fsp3) is 0.449. The van der Waals surface area contributed by atoms with E-state index in [0.717, 1.165) is 22.6 Å². The van der Waals surface area contributed by atoms with E-state index in [1.165, 1.54) is 115 Å². The summed E-state index contributed by atoms with van der Waals surface area (Å²) in [7, 11) is 0.644. The lowest BCUT2D eigenvalue weighted by molar-refractivity contribution is 0.531. The summed E-state index contributed by atoms with van der Waals surface area (Å²) in [5, 5.41) is 3.94. The van der Waals surface area contributed by atoms with Gasteiger partial charge in [-0.1, -0.05) is 143 Å². The first-order chi connectivity index (χ1) is 25.0. The first-order valence-electron chi connectivity index (χ1n) is 20.0. The van der Waals surface area contributed by atoms with E-state index in [0.29, 0.717) is 14.0 Å². The Morgan fingerprint density at radius 2 is 1.31 bits per heavy atom. The molecular weight excluding hydrogens is 653 g/mol. The molecule has 52 heavy (non-hydrogen) atoms. The minimum Gasteiger partial charge on any atom is -0.256 e. The zero-order chi connectivity index (χ0) is 37.8. The van der Waals surface area contributed by atoms with Gasteiger partial charge in [-0.15, -0.1) is 0 Å². The van der Waals surface area contributed by atoms with Crippen LogP contribution in [-0.2, 0) is 0 Å². The molecule has 1 heterocycles. The van der Waals surface area contributed by atoms with Gasteiger partial charge in [-0.2, -0.15) is 0 Å². The predicted octanol–water partition coefficient (Wildman–Crippen LogP) is 14.2. The molecule has 0 amide bonds. The summed E-state index contributed by atoms with van der Waals surface area (Å²) in [6.45, 7) is 23.4. The highest BCUT2D eigenvalue weighted by Gasteiger charge is 2.49. The number of fused-ring (bicyclic) bond motifs is 1. The number of benzene rings is 3. The normalized spacial score (nSPS) is 16.3. The van der Waals surface area contributed by atoms with Crippen molar-refractivity contribution in [3.63, 3.8) is 0 Å². The van der Waals surface area contributed by atoms with Crippen LogP contribution in [0.2, 0.25) is 0 Å². The van der Waals surface area contributed by atoms with Gasteiger partial charge in [0.15, 0.2) is 0 Å². The lowest BCUT2D eigenvalue weighted by atomic mass is 9.88. The standard InChI is InChI=1S/C20H20NP.C13H18.C7H7F.C7H14.C2H6/c1-13(2)17-12-18-19(11-15(17)4)21-10-9-20(18)22-16-7-5-14(3)6-8-16;1-9(11-3-4-11)13(7-8-13)10(2)12-5-6-12;1-6-2-4-7(8)5-3-6;1-2-7-5-3-4-6-7;1-2/h5-12,22H,1H2,2-4H3;3-8H2,1-2H3;2-5H,1H3;7H,2-6H2,1H3;1-2H3. The Labute approximate surface area is 318 Å². The van der Waals surface area contributed by atoms with Crippen LogP contribution in [0.1, 0.15) is 134 Å². The maximum Gasteiger partial charge on any atom is 0.123 e.